The van der Waals surface area contributed by atoms with Gasteiger partial charge in [0, 0.05) is 16.6 Å². The molecule has 0 fully saturated rings. The predicted molar refractivity (Wildman–Crippen MR) is 92.2 cm³/mol. The van der Waals surface area contributed by atoms with E-state index in [-0.39, 0.29) is 23.8 Å². The molecule has 3 aromatic rings. The Hall–Kier alpha value is -2.25. The number of aromatic nitrogens is 1. The highest BCUT2D eigenvalue weighted by Gasteiger charge is 2.14. The van der Waals surface area contributed by atoms with E-state index >= 15 is 0 Å². The third-order valence-corrected chi connectivity index (χ3v) is 4.18. The van der Waals surface area contributed by atoms with Gasteiger partial charge in [-0.15, -0.1) is 0 Å². The SMILES string of the molecule is O=C(NCc1cc(-c2ccc(F)cc2F)on1)c1cc(Br)ccc1Cl. The van der Waals surface area contributed by atoms with E-state index in [1.54, 1.807) is 18.2 Å². The zero-order valence-electron chi connectivity index (χ0n) is 12.5. The second-order valence-electron chi connectivity index (χ2n) is 5.11. The Labute approximate surface area is 154 Å². The molecule has 0 aliphatic rings. The molecule has 1 aromatic heterocycles. The van der Waals surface area contributed by atoms with Crippen molar-refractivity contribution < 1.29 is 18.1 Å². The van der Waals surface area contributed by atoms with Crippen LogP contribution in [0, 0.1) is 11.6 Å². The standard InChI is InChI=1S/C17H10BrClF2N2O2/c18-9-1-4-14(19)13(5-9)17(24)22-8-11-7-16(25-23-11)12-3-2-10(20)6-15(12)21/h1-7H,8H2,(H,22,24). The topological polar surface area (TPSA) is 55.1 Å². The van der Waals surface area contributed by atoms with Gasteiger partial charge in [0.05, 0.1) is 22.7 Å². The van der Waals surface area contributed by atoms with Crippen molar-refractivity contribution in [2.45, 2.75) is 6.54 Å². The van der Waals surface area contributed by atoms with E-state index in [0.29, 0.717) is 16.3 Å². The van der Waals surface area contributed by atoms with Crippen LogP contribution in [0.3, 0.4) is 0 Å². The lowest BCUT2D eigenvalue weighted by molar-refractivity contribution is 0.0950. The molecule has 25 heavy (non-hydrogen) atoms. The first kappa shape index (κ1) is 17.6. The van der Waals surface area contributed by atoms with Crippen molar-refractivity contribution in [1.82, 2.24) is 10.5 Å². The Morgan fingerprint density at radius 3 is 2.76 bits per heavy atom. The lowest BCUT2D eigenvalue weighted by Gasteiger charge is -2.05. The molecule has 1 N–H and O–H groups in total. The molecule has 0 spiro atoms. The van der Waals surface area contributed by atoms with Crippen molar-refractivity contribution >= 4 is 33.4 Å². The van der Waals surface area contributed by atoms with Crippen LogP contribution in [0.25, 0.3) is 11.3 Å². The van der Waals surface area contributed by atoms with Crippen LogP contribution in [0.5, 0.6) is 0 Å². The maximum Gasteiger partial charge on any atom is 0.253 e. The van der Waals surface area contributed by atoms with Crippen LogP contribution < -0.4 is 5.32 Å². The number of hydrogen-bond donors (Lipinski definition) is 1. The molecular weight excluding hydrogens is 418 g/mol. The molecule has 2 aromatic carbocycles. The third kappa shape index (κ3) is 4.05. The van der Waals surface area contributed by atoms with Crippen LogP contribution in [0.15, 0.2) is 51.5 Å². The van der Waals surface area contributed by atoms with Gasteiger partial charge in [-0.05, 0) is 30.3 Å². The second kappa shape index (κ2) is 7.33. The predicted octanol–water partition coefficient (Wildman–Crippen LogP) is 4.97. The summed E-state index contributed by atoms with van der Waals surface area (Å²) in [4.78, 5) is 12.2. The van der Waals surface area contributed by atoms with Crippen molar-refractivity contribution in [2.75, 3.05) is 0 Å². The number of halogens is 4. The van der Waals surface area contributed by atoms with Gasteiger partial charge in [-0.25, -0.2) is 8.78 Å². The highest BCUT2D eigenvalue weighted by molar-refractivity contribution is 9.10. The zero-order chi connectivity index (χ0) is 18.0. The van der Waals surface area contributed by atoms with Crippen molar-refractivity contribution in [3.05, 3.63) is 74.9 Å². The number of nitrogens with zero attached hydrogens (tertiary/aromatic N) is 1. The van der Waals surface area contributed by atoms with E-state index in [1.807, 2.05) is 0 Å². The normalized spacial score (nSPS) is 10.7. The first-order valence-electron chi connectivity index (χ1n) is 7.08. The largest absolute Gasteiger partial charge is 0.356 e. The molecule has 0 aliphatic carbocycles. The summed E-state index contributed by atoms with van der Waals surface area (Å²) in [6.45, 7) is 0.0635. The first-order valence-corrected chi connectivity index (χ1v) is 8.25. The Morgan fingerprint density at radius 1 is 1.20 bits per heavy atom. The van der Waals surface area contributed by atoms with Gasteiger partial charge >= 0.3 is 0 Å². The van der Waals surface area contributed by atoms with Gasteiger partial charge in [-0.1, -0.05) is 32.7 Å². The lowest BCUT2D eigenvalue weighted by Crippen LogP contribution is -2.23. The van der Waals surface area contributed by atoms with E-state index in [0.717, 1.165) is 16.6 Å². The average molecular weight is 428 g/mol. The van der Waals surface area contributed by atoms with Gasteiger partial charge in [-0.3, -0.25) is 4.79 Å². The molecule has 3 rings (SSSR count). The Morgan fingerprint density at radius 2 is 2.00 bits per heavy atom. The minimum atomic E-state index is -0.757. The number of nitrogens with one attached hydrogen (secondary N) is 1. The number of rotatable bonds is 4. The van der Waals surface area contributed by atoms with E-state index in [2.05, 4.69) is 26.4 Å². The van der Waals surface area contributed by atoms with Gasteiger partial charge in [0.2, 0.25) is 0 Å². The van der Waals surface area contributed by atoms with Crippen molar-refractivity contribution in [1.29, 1.82) is 0 Å². The molecule has 0 bridgehead atoms. The van der Waals surface area contributed by atoms with E-state index in [9.17, 15) is 13.6 Å². The van der Waals surface area contributed by atoms with Gasteiger partial charge in [0.25, 0.3) is 5.91 Å². The minimum absolute atomic E-state index is 0.0635. The fraction of sp³-hybridized carbons (Fsp3) is 0.0588. The molecule has 1 heterocycles. The molecule has 8 heteroatoms. The summed E-state index contributed by atoms with van der Waals surface area (Å²) >= 11 is 9.27. The van der Waals surface area contributed by atoms with Crippen molar-refractivity contribution in [3.63, 3.8) is 0 Å². The minimum Gasteiger partial charge on any atom is -0.356 e. The van der Waals surface area contributed by atoms with Crippen LogP contribution in [0.4, 0.5) is 8.78 Å². The fourth-order valence-electron chi connectivity index (χ4n) is 2.15. The molecule has 0 atom stereocenters. The number of benzene rings is 2. The highest BCUT2D eigenvalue weighted by atomic mass is 79.9. The molecule has 4 nitrogen and oxygen atoms in total. The smallest absolute Gasteiger partial charge is 0.253 e. The molecule has 128 valence electrons. The highest BCUT2D eigenvalue weighted by Crippen LogP contribution is 2.24. The summed E-state index contributed by atoms with van der Waals surface area (Å²) in [6, 6.07) is 9.53. The first-order chi connectivity index (χ1) is 11.9. The molecular formula is C17H10BrClF2N2O2. The molecule has 0 radical (unpaired) electrons. The molecule has 0 saturated heterocycles. The number of carbonyl (C=O) groups excluding carboxylic acids is 1. The summed E-state index contributed by atoms with van der Waals surface area (Å²) in [5, 5.41) is 6.74. The van der Waals surface area contributed by atoms with E-state index < -0.39 is 11.6 Å². The van der Waals surface area contributed by atoms with Gasteiger partial charge in [0.15, 0.2) is 5.76 Å². The monoisotopic (exact) mass is 426 g/mol. The fourth-order valence-corrected chi connectivity index (χ4v) is 2.71. The Bertz CT molecular complexity index is 946. The van der Waals surface area contributed by atoms with Crippen LogP contribution >= 0.6 is 27.5 Å². The average Bonchev–Trinajstić information content (AvgIpc) is 3.03. The number of amides is 1. The molecule has 1 amide bonds. The third-order valence-electron chi connectivity index (χ3n) is 3.36. The van der Waals surface area contributed by atoms with Crippen LogP contribution in [0.1, 0.15) is 16.1 Å². The number of hydrogen-bond acceptors (Lipinski definition) is 3. The summed E-state index contributed by atoms with van der Waals surface area (Å²) < 4.78 is 32.5. The molecule has 0 saturated carbocycles. The zero-order valence-corrected chi connectivity index (χ0v) is 14.9. The van der Waals surface area contributed by atoms with Crippen molar-refractivity contribution in [2.24, 2.45) is 0 Å². The van der Waals surface area contributed by atoms with Crippen LogP contribution in [0.2, 0.25) is 5.02 Å². The summed E-state index contributed by atoms with van der Waals surface area (Å²) in [5.41, 5.74) is 0.782. The van der Waals surface area contributed by atoms with Gasteiger partial charge in [0.1, 0.15) is 17.3 Å². The number of carbonyl (C=O) groups is 1. The summed E-state index contributed by atoms with van der Waals surface area (Å²) in [5.74, 6) is -1.68. The van der Waals surface area contributed by atoms with Crippen LogP contribution in [-0.2, 0) is 6.54 Å². The molecule has 0 unspecified atom stereocenters. The molecule has 0 aliphatic heterocycles. The Balaban J connectivity index is 1.71. The quantitative estimate of drug-likeness (QED) is 0.640. The summed E-state index contributed by atoms with van der Waals surface area (Å²) in [7, 11) is 0. The van der Waals surface area contributed by atoms with Crippen molar-refractivity contribution in [3.8, 4) is 11.3 Å². The summed E-state index contributed by atoms with van der Waals surface area (Å²) in [6.07, 6.45) is 0. The maximum absolute atomic E-state index is 13.7. The van der Waals surface area contributed by atoms with E-state index in [1.165, 1.54) is 12.1 Å². The maximum atomic E-state index is 13.7. The van der Waals surface area contributed by atoms with E-state index in [4.69, 9.17) is 16.1 Å². The van der Waals surface area contributed by atoms with Gasteiger partial charge < -0.3 is 9.84 Å². The van der Waals surface area contributed by atoms with Gasteiger partial charge in [-0.2, -0.15) is 0 Å². The lowest BCUT2D eigenvalue weighted by atomic mass is 10.1. The Kier molecular flexibility index (Phi) is 5.15. The second-order valence-corrected chi connectivity index (χ2v) is 6.44. The van der Waals surface area contributed by atoms with Crippen LogP contribution in [-0.4, -0.2) is 11.1 Å².